The fourth-order valence-electron chi connectivity index (χ4n) is 2.68. The molecule has 0 aliphatic rings. The fraction of sp³-hybridized carbons (Fsp3) is 0.529. The summed E-state index contributed by atoms with van der Waals surface area (Å²) in [5.74, 6) is 0.183. The van der Waals surface area contributed by atoms with Crippen molar-refractivity contribution >= 4 is 0 Å². The zero-order valence-corrected chi connectivity index (χ0v) is 14.3. The maximum Gasteiger partial charge on any atom is 0.435 e. The monoisotopic (exact) mass is 341 g/mol. The highest BCUT2D eigenvalue weighted by molar-refractivity contribution is 5.53. The minimum absolute atomic E-state index is 0.111. The molecule has 2 aromatic rings. The first-order chi connectivity index (χ1) is 11.3. The topological polar surface area (TPSA) is 39.9 Å². The van der Waals surface area contributed by atoms with Gasteiger partial charge >= 0.3 is 6.18 Å². The summed E-state index contributed by atoms with van der Waals surface area (Å²) < 4.78 is 47.2. The average Bonchev–Trinajstić information content (AvgIpc) is 2.95. The van der Waals surface area contributed by atoms with E-state index in [1.165, 1.54) is 4.57 Å². The Morgan fingerprint density at radius 1 is 1.17 bits per heavy atom. The van der Waals surface area contributed by atoms with Crippen LogP contribution in [0.1, 0.15) is 50.9 Å². The molecule has 0 amide bonds. The van der Waals surface area contributed by atoms with Crippen LogP contribution in [-0.4, -0.2) is 21.1 Å². The van der Waals surface area contributed by atoms with Gasteiger partial charge in [0, 0.05) is 12.8 Å². The fourth-order valence-corrected chi connectivity index (χ4v) is 2.68. The summed E-state index contributed by atoms with van der Waals surface area (Å²) in [4.78, 5) is 8.16. The molecule has 0 saturated heterocycles. The number of alkyl halides is 3. The number of imidazole rings is 1. The quantitative estimate of drug-likeness (QED) is 0.768. The summed E-state index contributed by atoms with van der Waals surface area (Å²) in [5, 5.41) is 0. The minimum atomic E-state index is -4.51. The molecule has 1 atom stereocenters. The van der Waals surface area contributed by atoms with Crippen LogP contribution in [0.4, 0.5) is 13.2 Å². The number of aryl methyl sites for hydroxylation is 1. The van der Waals surface area contributed by atoms with E-state index in [0.29, 0.717) is 12.3 Å². The van der Waals surface area contributed by atoms with Crippen LogP contribution >= 0.6 is 0 Å². The van der Waals surface area contributed by atoms with Crippen LogP contribution in [0, 0.1) is 0 Å². The summed E-state index contributed by atoms with van der Waals surface area (Å²) in [5.41, 5.74) is 0.665. The lowest BCUT2D eigenvalue weighted by Crippen LogP contribution is -2.16. The van der Waals surface area contributed by atoms with Gasteiger partial charge in [0.2, 0.25) is 0 Å². The summed E-state index contributed by atoms with van der Waals surface area (Å²) >= 11 is 0. The Bertz CT molecular complexity index is 678. The van der Waals surface area contributed by atoms with Crippen molar-refractivity contribution in [3.05, 3.63) is 35.3 Å². The van der Waals surface area contributed by atoms with E-state index in [9.17, 15) is 13.2 Å². The highest BCUT2D eigenvalue weighted by Crippen LogP contribution is 2.36. The SMILES string of the molecule is CCOC(C)n1c(-c2ccc(CC)cn2)nc(C(F)(F)F)c1CC. The first-order valence-corrected chi connectivity index (χ1v) is 8.08. The molecule has 2 heterocycles. The molecule has 0 saturated carbocycles. The molecular weight excluding hydrogens is 319 g/mol. The number of rotatable bonds is 6. The Morgan fingerprint density at radius 3 is 2.33 bits per heavy atom. The van der Waals surface area contributed by atoms with Crippen LogP contribution in [0.25, 0.3) is 11.5 Å². The third kappa shape index (κ3) is 3.61. The Hall–Kier alpha value is -1.89. The lowest BCUT2D eigenvalue weighted by molar-refractivity contribution is -0.141. The lowest BCUT2D eigenvalue weighted by Gasteiger charge is -2.19. The van der Waals surface area contributed by atoms with E-state index in [1.807, 2.05) is 13.0 Å². The van der Waals surface area contributed by atoms with Gasteiger partial charge in [-0.3, -0.25) is 9.55 Å². The number of pyridine rings is 1. The molecule has 24 heavy (non-hydrogen) atoms. The first-order valence-electron chi connectivity index (χ1n) is 8.08. The molecular formula is C17H22F3N3O. The van der Waals surface area contributed by atoms with Crippen LogP contribution in [0.5, 0.6) is 0 Å². The summed E-state index contributed by atoms with van der Waals surface area (Å²) in [6, 6.07) is 3.56. The van der Waals surface area contributed by atoms with Crippen molar-refractivity contribution in [2.75, 3.05) is 6.61 Å². The van der Waals surface area contributed by atoms with Crippen molar-refractivity contribution in [2.45, 2.75) is 52.9 Å². The van der Waals surface area contributed by atoms with E-state index >= 15 is 0 Å². The highest BCUT2D eigenvalue weighted by atomic mass is 19.4. The van der Waals surface area contributed by atoms with Crippen LogP contribution in [0.2, 0.25) is 0 Å². The van der Waals surface area contributed by atoms with Crippen LogP contribution < -0.4 is 0 Å². The molecule has 2 rings (SSSR count). The van der Waals surface area contributed by atoms with Gasteiger partial charge in [-0.25, -0.2) is 4.98 Å². The predicted molar refractivity (Wildman–Crippen MR) is 85.6 cm³/mol. The smallest absolute Gasteiger partial charge is 0.359 e. The number of aromatic nitrogens is 3. The van der Waals surface area contributed by atoms with Crippen molar-refractivity contribution in [2.24, 2.45) is 0 Å². The van der Waals surface area contributed by atoms with Crippen LogP contribution in [-0.2, 0) is 23.8 Å². The molecule has 2 aromatic heterocycles. The highest BCUT2D eigenvalue weighted by Gasteiger charge is 2.39. The molecule has 0 radical (unpaired) electrons. The molecule has 0 aliphatic carbocycles. The normalized spacial score (nSPS) is 13.3. The maximum atomic E-state index is 13.4. The molecule has 0 fully saturated rings. The van der Waals surface area contributed by atoms with Crippen molar-refractivity contribution in [3.8, 4) is 11.5 Å². The van der Waals surface area contributed by atoms with E-state index in [4.69, 9.17) is 4.74 Å². The molecule has 7 heteroatoms. The van der Waals surface area contributed by atoms with Crippen molar-refractivity contribution in [1.82, 2.24) is 14.5 Å². The molecule has 0 N–H and O–H groups in total. The van der Waals surface area contributed by atoms with Crippen molar-refractivity contribution in [3.63, 3.8) is 0 Å². The van der Waals surface area contributed by atoms with E-state index in [2.05, 4.69) is 9.97 Å². The van der Waals surface area contributed by atoms with Gasteiger partial charge in [0.25, 0.3) is 0 Å². The number of ether oxygens (including phenoxy) is 1. The molecule has 0 spiro atoms. The number of nitrogens with zero attached hydrogens (tertiary/aromatic N) is 3. The van der Waals surface area contributed by atoms with E-state index in [0.717, 1.165) is 12.0 Å². The third-order valence-electron chi connectivity index (χ3n) is 3.85. The number of halogens is 3. The second-order valence-corrected chi connectivity index (χ2v) is 5.41. The van der Waals surface area contributed by atoms with Gasteiger partial charge < -0.3 is 4.74 Å². The Morgan fingerprint density at radius 2 is 1.88 bits per heavy atom. The van der Waals surface area contributed by atoms with Gasteiger partial charge in [-0.05, 0) is 38.3 Å². The van der Waals surface area contributed by atoms with Gasteiger partial charge in [0.05, 0.1) is 5.69 Å². The second-order valence-electron chi connectivity index (χ2n) is 5.41. The molecule has 4 nitrogen and oxygen atoms in total. The Balaban J connectivity index is 2.65. The van der Waals surface area contributed by atoms with Crippen molar-refractivity contribution < 1.29 is 17.9 Å². The second kappa shape index (κ2) is 7.34. The van der Waals surface area contributed by atoms with Gasteiger partial charge in [-0.1, -0.05) is 19.9 Å². The van der Waals surface area contributed by atoms with E-state index in [1.54, 1.807) is 33.0 Å². The predicted octanol–water partition coefficient (Wildman–Crippen LogP) is 4.64. The van der Waals surface area contributed by atoms with Gasteiger partial charge in [0.15, 0.2) is 11.5 Å². The Kier molecular flexibility index (Phi) is 5.64. The van der Waals surface area contributed by atoms with Gasteiger partial charge in [-0.15, -0.1) is 0 Å². The summed E-state index contributed by atoms with van der Waals surface area (Å²) in [6.45, 7) is 7.59. The zero-order chi connectivity index (χ0) is 17.9. The molecule has 0 aromatic carbocycles. The molecule has 132 valence electrons. The average molecular weight is 341 g/mol. The zero-order valence-electron chi connectivity index (χ0n) is 14.3. The number of hydrogen-bond donors (Lipinski definition) is 0. The number of hydrogen-bond acceptors (Lipinski definition) is 3. The summed E-state index contributed by atoms with van der Waals surface area (Å²) in [6.07, 6.45) is -2.40. The molecule has 0 aliphatic heterocycles. The molecule has 1 unspecified atom stereocenters. The van der Waals surface area contributed by atoms with Crippen LogP contribution in [0.15, 0.2) is 18.3 Å². The largest absolute Gasteiger partial charge is 0.435 e. The van der Waals surface area contributed by atoms with E-state index in [-0.39, 0.29) is 17.9 Å². The standard InChI is InChI=1S/C17H22F3N3O/c1-5-12-8-9-13(21-10-12)16-22-15(17(18,19)20)14(6-2)23(16)11(4)24-7-3/h8-11H,5-7H2,1-4H3. The first kappa shape index (κ1) is 18.4. The van der Waals surface area contributed by atoms with Gasteiger partial charge in [-0.2, -0.15) is 13.2 Å². The maximum absolute atomic E-state index is 13.4. The summed E-state index contributed by atoms with van der Waals surface area (Å²) in [7, 11) is 0. The van der Waals surface area contributed by atoms with Gasteiger partial charge in [0.1, 0.15) is 11.9 Å². The van der Waals surface area contributed by atoms with E-state index < -0.39 is 18.1 Å². The lowest BCUT2D eigenvalue weighted by atomic mass is 10.2. The van der Waals surface area contributed by atoms with Crippen LogP contribution in [0.3, 0.4) is 0 Å². The third-order valence-corrected chi connectivity index (χ3v) is 3.85. The Labute approximate surface area is 139 Å². The molecule has 0 bridgehead atoms. The van der Waals surface area contributed by atoms with Crippen molar-refractivity contribution in [1.29, 1.82) is 0 Å². The minimum Gasteiger partial charge on any atom is -0.359 e.